The van der Waals surface area contributed by atoms with Crippen LogP contribution in [-0.4, -0.2) is 23.4 Å². The highest BCUT2D eigenvalue weighted by Gasteiger charge is 2.17. The number of sulfonamides is 1. The van der Waals surface area contributed by atoms with Gasteiger partial charge in [0.1, 0.15) is 4.90 Å². The van der Waals surface area contributed by atoms with Crippen LogP contribution in [0.25, 0.3) is 0 Å². The third kappa shape index (κ3) is 2.92. The fraction of sp³-hybridized carbons (Fsp3) is 0. The first kappa shape index (κ1) is 13.1. The second kappa shape index (κ2) is 5.12. The first-order chi connectivity index (χ1) is 9.03. The van der Waals surface area contributed by atoms with Crippen LogP contribution in [0.5, 0.6) is 0 Å². The number of nitrogens with two attached hydrogens (primary N) is 1. The molecule has 2 aromatic rings. The van der Waals surface area contributed by atoms with Gasteiger partial charge in [0.15, 0.2) is 5.82 Å². The van der Waals surface area contributed by atoms with Crippen molar-refractivity contribution in [3.63, 3.8) is 0 Å². The zero-order valence-electron chi connectivity index (χ0n) is 9.41. The SMILES string of the molecule is NNc1ncc(S(=O)(=O)Nc2ccncc2F)cn1. The van der Waals surface area contributed by atoms with E-state index in [1.807, 2.05) is 0 Å². The first-order valence-corrected chi connectivity index (χ1v) is 6.42. The number of rotatable bonds is 4. The molecular weight excluding hydrogens is 275 g/mol. The Kier molecular flexibility index (Phi) is 3.53. The van der Waals surface area contributed by atoms with E-state index in [9.17, 15) is 12.8 Å². The van der Waals surface area contributed by atoms with Gasteiger partial charge in [-0.3, -0.25) is 15.1 Å². The molecule has 0 atom stereocenters. The molecule has 0 fully saturated rings. The van der Waals surface area contributed by atoms with Crippen molar-refractivity contribution in [3.8, 4) is 0 Å². The van der Waals surface area contributed by atoms with Gasteiger partial charge < -0.3 is 0 Å². The summed E-state index contributed by atoms with van der Waals surface area (Å²) in [6.07, 6.45) is 4.25. The summed E-state index contributed by atoms with van der Waals surface area (Å²) in [7, 11) is -3.97. The van der Waals surface area contributed by atoms with Gasteiger partial charge in [0, 0.05) is 6.20 Å². The van der Waals surface area contributed by atoms with Gasteiger partial charge in [0.2, 0.25) is 5.95 Å². The Bertz CT molecular complexity index is 675. The number of nitrogen functional groups attached to an aromatic ring is 1. The van der Waals surface area contributed by atoms with E-state index >= 15 is 0 Å². The third-order valence-electron chi connectivity index (χ3n) is 2.08. The van der Waals surface area contributed by atoms with Crippen LogP contribution in [0.1, 0.15) is 0 Å². The monoisotopic (exact) mass is 284 g/mol. The number of hydrogen-bond acceptors (Lipinski definition) is 7. The summed E-state index contributed by atoms with van der Waals surface area (Å²) in [5.74, 6) is 4.33. The van der Waals surface area contributed by atoms with E-state index in [-0.39, 0.29) is 16.5 Å². The predicted molar refractivity (Wildman–Crippen MR) is 64.8 cm³/mol. The minimum absolute atomic E-state index is 0.0639. The lowest BCUT2D eigenvalue weighted by molar-refractivity contribution is 0.597. The minimum Gasteiger partial charge on any atom is -0.292 e. The summed E-state index contributed by atoms with van der Waals surface area (Å²) in [5.41, 5.74) is 1.95. The number of nitrogens with zero attached hydrogens (tertiary/aromatic N) is 3. The van der Waals surface area contributed by atoms with Crippen molar-refractivity contribution in [2.24, 2.45) is 5.84 Å². The van der Waals surface area contributed by atoms with Gasteiger partial charge in [-0.1, -0.05) is 0 Å². The van der Waals surface area contributed by atoms with E-state index in [2.05, 4.69) is 25.1 Å². The van der Waals surface area contributed by atoms with Crippen LogP contribution >= 0.6 is 0 Å². The molecule has 0 radical (unpaired) electrons. The average Bonchev–Trinajstić information content (AvgIpc) is 2.41. The highest BCUT2D eigenvalue weighted by atomic mass is 32.2. The maximum absolute atomic E-state index is 13.3. The normalized spacial score (nSPS) is 11.1. The van der Waals surface area contributed by atoms with Gasteiger partial charge in [0.25, 0.3) is 10.0 Å². The van der Waals surface area contributed by atoms with E-state index < -0.39 is 15.8 Å². The molecule has 2 aromatic heterocycles. The van der Waals surface area contributed by atoms with Crippen molar-refractivity contribution in [3.05, 3.63) is 36.7 Å². The zero-order chi connectivity index (χ0) is 13.9. The zero-order valence-corrected chi connectivity index (χ0v) is 10.2. The number of hydrogen-bond donors (Lipinski definition) is 3. The van der Waals surface area contributed by atoms with Gasteiger partial charge in [-0.25, -0.2) is 28.6 Å². The van der Waals surface area contributed by atoms with E-state index in [0.29, 0.717) is 0 Å². The van der Waals surface area contributed by atoms with Gasteiger partial charge in [0.05, 0.1) is 24.3 Å². The van der Waals surface area contributed by atoms with Crippen LogP contribution in [0, 0.1) is 5.82 Å². The number of anilines is 2. The topological polar surface area (TPSA) is 123 Å². The Morgan fingerprint density at radius 1 is 1.21 bits per heavy atom. The number of hydrazine groups is 1. The lowest BCUT2D eigenvalue weighted by atomic mass is 10.4. The molecule has 2 rings (SSSR count). The molecule has 2 heterocycles. The second-order valence-electron chi connectivity index (χ2n) is 3.35. The summed E-state index contributed by atoms with van der Waals surface area (Å²) in [6, 6.07) is 1.20. The summed E-state index contributed by atoms with van der Waals surface area (Å²) in [4.78, 5) is 10.6. The van der Waals surface area contributed by atoms with Gasteiger partial charge in [-0.05, 0) is 6.07 Å². The minimum atomic E-state index is -3.97. The van der Waals surface area contributed by atoms with Crippen molar-refractivity contribution < 1.29 is 12.8 Å². The first-order valence-electron chi connectivity index (χ1n) is 4.94. The number of pyridine rings is 1. The van der Waals surface area contributed by atoms with E-state index in [1.54, 1.807) is 0 Å². The molecule has 0 aromatic carbocycles. The van der Waals surface area contributed by atoms with E-state index in [1.165, 1.54) is 12.3 Å². The molecule has 4 N–H and O–H groups in total. The fourth-order valence-corrected chi connectivity index (χ4v) is 2.15. The van der Waals surface area contributed by atoms with Crippen molar-refractivity contribution in [1.82, 2.24) is 15.0 Å². The highest BCUT2D eigenvalue weighted by molar-refractivity contribution is 7.92. The molecule has 0 spiro atoms. The lowest BCUT2D eigenvalue weighted by Gasteiger charge is -2.08. The van der Waals surface area contributed by atoms with Crippen molar-refractivity contribution in [2.75, 3.05) is 10.1 Å². The predicted octanol–water partition coefficient (Wildman–Crippen LogP) is 0.0971. The quantitative estimate of drug-likeness (QED) is 0.537. The van der Waals surface area contributed by atoms with Crippen LogP contribution in [0.4, 0.5) is 16.0 Å². The number of aromatic nitrogens is 3. The summed E-state index contributed by atoms with van der Waals surface area (Å²) < 4.78 is 39.2. The Morgan fingerprint density at radius 2 is 1.89 bits per heavy atom. The molecule has 0 aliphatic heterocycles. The van der Waals surface area contributed by atoms with Gasteiger partial charge >= 0.3 is 0 Å². The van der Waals surface area contributed by atoms with Crippen LogP contribution < -0.4 is 16.0 Å². The van der Waals surface area contributed by atoms with Crippen LogP contribution in [0.3, 0.4) is 0 Å². The second-order valence-corrected chi connectivity index (χ2v) is 5.03. The summed E-state index contributed by atoms with van der Waals surface area (Å²) in [6.45, 7) is 0. The van der Waals surface area contributed by atoms with Crippen LogP contribution in [0.15, 0.2) is 35.7 Å². The highest BCUT2D eigenvalue weighted by Crippen LogP contribution is 2.17. The number of halogens is 1. The molecule has 100 valence electrons. The van der Waals surface area contributed by atoms with E-state index in [4.69, 9.17) is 5.84 Å². The molecule has 0 unspecified atom stereocenters. The molecule has 0 bridgehead atoms. The Hall–Kier alpha value is -2.33. The van der Waals surface area contributed by atoms with E-state index in [0.717, 1.165) is 18.6 Å². The van der Waals surface area contributed by atoms with Crippen molar-refractivity contribution in [2.45, 2.75) is 4.90 Å². The maximum Gasteiger partial charge on any atom is 0.265 e. The molecule has 0 amide bonds. The Labute approximate surface area is 107 Å². The van der Waals surface area contributed by atoms with Crippen molar-refractivity contribution >= 4 is 21.7 Å². The average molecular weight is 284 g/mol. The lowest BCUT2D eigenvalue weighted by Crippen LogP contribution is -2.16. The molecule has 0 saturated carbocycles. The third-order valence-corrected chi connectivity index (χ3v) is 3.40. The molecule has 0 aliphatic rings. The van der Waals surface area contributed by atoms with Gasteiger partial charge in [-0.15, -0.1) is 0 Å². The fourth-order valence-electron chi connectivity index (χ4n) is 1.19. The molecule has 10 heteroatoms. The number of nitrogens with one attached hydrogen (secondary N) is 2. The smallest absolute Gasteiger partial charge is 0.265 e. The molecule has 19 heavy (non-hydrogen) atoms. The molecular formula is C9H9FN6O2S. The molecule has 0 aliphatic carbocycles. The Balaban J connectivity index is 2.30. The largest absolute Gasteiger partial charge is 0.292 e. The molecule has 0 saturated heterocycles. The summed E-state index contributed by atoms with van der Waals surface area (Å²) in [5, 5.41) is 0. The standard InChI is InChI=1S/C9H9FN6O2S/c10-7-5-12-2-1-8(7)16-19(17,18)6-3-13-9(15-11)14-4-6/h1-5H,11H2,(H,12,16)(H,13,14,15). The molecule has 8 nitrogen and oxygen atoms in total. The van der Waals surface area contributed by atoms with Gasteiger partial charge in [-0.2, -0.15) is 0 Å². The Morgan fingerprint density at radius 3 is 2.47 bits per heavy atom. The van der Waals surface area contributed by atoms with Crippen LogP contribution in [0.2, 0.25) is 0 Å². The maximum atomic E-state index is 13.3. The summed E-state index contributed by atoms with van der Waals surface area (Å²) >= 11 is 0. The van der Waals surface area contributed by atoms with Crippen molar-refractivity contribution in [1.29, 1.82) is 0 Å². The van der Waals surface area contributed by atoms with Crippen LogP contribution in [-0.2, 0) is 10.0 Å².